The summed E-state index contributed by atoms with van der Waals surface area (Å²) in [5.74, 6) is 0.639. The Labute approximate surface area is 225 Å². The summed E-state index contributed by atoms with van der Waals surface area (Å²) in [4.78, 5) is 38.3. The molecule has 2 heterocycles. The van der Waals surface area contributed by atoms with Crippen LogP contribution >= 0.6 is 20.3 Å². The standard InChI is InChI=1S/C25H44N3O7PS/c1-9-20-21(14-22(34-20)27-15-19(8)23(29)26-25(27)31)35-36(28(17(4)5)18(6)7)33-11-10-32-12-13-37-24(30)16(2)3/h15-18,20-22H,9-14H2,1-8H3,(H,26,29,31)/t20-,21?,22-,36?/m1/s1. The van der Waals surface area contributed by atoms with E-state index in [1.165, 1.54) is 16.3 Å². The minimum absolute atomic E-state index is 0.0186. The number of nitrogens with one attached hydrogen (secondary N) is 1. The molecule has 1 fully saturated rings. The molecule has 1 saturated heterocycles. The first kappa shape index (κ1) is 32.1. The second-order valence-electron chi connectivity index (χ2n) is 9.97. The van der Waals surface area contributed by atoms with E-state index < -0.39 is 26.0 Å². The highest BCUT2D eigenvalue weighted by Crippen LogP contribution is 2.50. The van der Waals surface area contributed by atoms with Crippen LogP contribution in [0.4, 0.5) is 0 Å². The number of aryl methyl sites for hydroxylation is 1. The van der Waals surface area contributed by atoms with Crippen molar-refractivity contribution in [3.8, 4) is 0 Å². The van der Waals surface area contributed by atoms with Gasteiger partial charge in [-0.25, -0.2) is 9.46 Å². The second kappa shape index (κ2) is 15.5. The molecule has 37 heavy (non-hydrogen) atoms. The zero-order valence-electron chi connectivity index (χ0n) is 23.4. The van der Waals surface area contributed by atoms with Crippen LogP contribution in [-0.4, -0.2) is 69.2 Å². The lowest BCUT2D eigenvalue weighted by Crippen LogP contribution is -2.36. The number of rotatable bonds is 15. The van der Waals surface area contributed by atoms with Gasteiger partial charge in [0.1, 0.15) is 6.23 Å². The third-order valence-electron chi connectivity index (χ3n) is 5.88. The van der Waals surface area contributed by atoms with Crippen molar-refractivity contribution in [3.63, 3.8) is 0 Å². The fourth-order valence-electron chi connectivity index (χ4n) is 4.03. The largest absolute Gasteiger partial charge is 0.378 e. The molecule has 10 nitrogen and oxygen atoms in total. The third-order valence-corrected chi connectivity index (χ3v) is 9.17. The van der Waals surface area contributed by atoms with Crippen LogP contribution < -0.4 is 11.2 Å². The van der Waals surface area contributed by atoms with Gasteiger partial charge in [0.25, 0.3) is 14.1 Å². The Morgan fingerprint density at radius 1 is 1.19 bits per heavy atom. The first-order valence-corrected chi connectivity index (χ1v) is 15.2. The van der Waals surface area contributed by atoms with Crippen LogP contribution in [0.15, 0.2) is 15.8 Å². The number of aromatic amines is 1. The van der Waals surface area contributed by atoms with Crippen LogP contribution in [0.5, 0.6) is 0 Å². The lowest BCUT2D eigenvalue weighted by Gasteiger charge is -2.37. The summed E-state index contributed by atoms with van der Waals surface area (Å²) in [7, 11) is -1.43. The SMILES string of the molecule is CC[C@H]1O[C@@H](n2cc(C)c(=O)[nH]c2=O)CC1OP(OCCOCCSC(=O)C(C)C)N(C(C)C)C(C)C. The minimum atomic E-state index is -1.43. The molecule has 2 rings (SSSR count). The van der Waals surface area contributed by atoms with Gasteiger partial charge >= 0.3 is 5.69 Å². The summed E-state index contributed by atoms with van der Waals surface area (Å²) in [6, 6.07) is 0.376. The summed E-state index contributed by atoms with van der Waals surface area (Å²) in [6.07, 6.45) is 1.69. The number of H-pyrrole nitrogens is 1. The first-order valence-electron chi connectivity index (χ1n) is 13.1. The van der Waals surface area contributed by atoms with Crippen LogP contribution in [0, 0.1) is 12.8 Å². The Balaban J connectivity index is 2.04. The molecule has 1 aromatic heterocycles. The lowest BCUT2D eigenvalue weighted by molar-refractivity contribution is -0.113. The normalized spacial score (nSPS) is 21.0. The van der Waals surface area contributed by atoms with Gasteiger partial charge in [0.05, 0.1) is 32.0 Å². The molecule has 1 aliphatic heterocycles. The van der Waals surface area contributed by atoms with Crippen molar-refractivity contribution in [2.45, 2.75) is 98.8 Å². The van der Waals surface area contributed by atoms with Crippen LogP contribution in [0.2, 0.25) is 0 Å². The van der Waals surface area contributed by atoms with E-state index in [1.54, 1.807) is 13.1 Å². The molecule has 2 unspecified atom stereocenters. The molecule has 0 aromatic carbocycles. The zero-order valence-corrected chi connectivity index (χ0v) is 25.1. The van der Waals surface area contributed by atoms with E-state index in [4.69, 9.17) is 18.5 Å². The highest BCUT2D eigenvalue weighted by atomic mass is 32.2. The van der Waals surface area contributed by atoms with Crippen molar-refractivity contribution < 1.29 is 23.3 Å². The molecule has 1 aliphatic rings. The van der Waals surface area contributed by atoms with Gasteiger partial charge in [0.15, 0.2) is 5.12 Å². The summed E-state index contributed by atoms with van der Waals surface area (Å²) < 4.78 is 28.3. The molecular formula is C25H44N3O7PS. The van der Waals surface area contributed by atoms with Crippen molar-refractivity contribution in [1.29, 1.82) is 0 Å². The summed E-state index contributed by atoms with van der Waals surface area (Å²) in [5, 5.41) is 0.170. The average molecular weight is 562 g/mol. The Hall–Kier alpha value is -1.07. The fourth-order valence-corrected chi connectivity index (χ4v) is 6.51. The zero-order chi connectivity index (χ0) is 27.7. The van der Waals surface area contributed by atoms with E-state index >= 15 is 0 Å². The number of carbonyl (C=O) groups is 1. The van der Waals surface area contributed by atoms with Crippen LogP contribution in [-0.2, 0) is 23.3 Å². The van der Waals surface area contributed by atoms with Crippen molar-refractivity contribution in [1.82, 2.24) is 14.2 Å². The highest BCUT2D eigenvalue weighted by molar-refractivity contribution is 8.13. The quantitative estimate of drug-likeness (QED) is 0.248. The molecule has 1 aromatic rings. The molecule has 1 N–H and O–H groups in total. The minimum Gasteiger partial charge on any atom is -0.378 e. The average Bonchev–Trinajstić information content (AvgIpc) is 3.22. The number of hydrogen-bond donors (Lipinski definition) is 1. The maximum Gasteiger partial charge on any atom is 0.330 e. The van der Waals surface area contributed by atoms with Crippen molar-refractivity contribution in [2.75, 3.05) is 25.6 Å². The van der Waals surface area contributed by atoms with Gasteiger partial charge in [-0.05, 0) is 41.0 Å². The molecule has 212 valence electrons. The summed E-state index contributed by atoms with van der Waals surface area (Å²) in [5.41, 5.74) is -0.442. The van der Waals surface area contributed by atoms with Crippen molar-refractivity contribution in [3.05, 3.63) is 32.6 Å². The molecule has 0 radical (unpaired) electrons. The topological polar surface area (TPSA) is 112 Å². The highest BCUT2D eigenvalue weighted by Gasteiger charge is 2.40. The van der Waals surface area contributed by atoms with Crippen LogP contribution in [0.3, 0.4) is 0 Å². The van der Waals surface area contributed by atoms with Crippen molar-refractivity contribution in [2.24, 2.45) is 5.92 Å². The van der Waals surface area contributed by atoms with Crippen LogP contribution in [0.1, 0.15) is 73.1 Å². The summed E-state index contributed by atoms with van der Waals surface area (Å²) in [6.45, 7) is 17.1. The molecular weight excluding hydrogens is 517 g/mol. The number of carbonyl (C=O) groups excluding carboxylic acids is 1. The van der Waals surface area contributed by atoms with E-state index in [0.29, 0.717) is 44.0 Å². The summed E-state index contributed by atoms with van der Waals surface area (Å²) >= 11 is 1.30. The van der Waals surface area contributed by atoms with Gasteiger partial charge in [0, 0.05) is 41.9 Å². The predicted octanol–water partition coefficient (Wildman–Crippen LogP) is 4.22. The number of aromatic nitrogens is 2. The van der Waals surface area contributed by atoms with E-state index in [9.17, 15) is 14.4 Å². The Kier molecular flexibility index (Phi) is 13.5. The molecule has 0 bridgehead atoms. The maximum absolute atomic E-state index is 12.4. The number of hydrogen-bond acceptors (Lipinski definition) is 9. The van der Waals surface area contributed by atoms with E-state index in [-0.39, 0.29) is 35.3 Å². The van der Waals surface area contributed by atoms with Crippen molar-refractivity contribution >= 4 is 25.4 Å². The molecule has 4 atom stereocenters. The monoisotopic (exact) mass is 561 g/mol. The van der Waals surface area contributed by atoms with Gasteiger partial charge < -0.3 is 18.5 Å². The van der Waals surface area contributed by atoms with Gasteiger partial charge in [-0.2, -0.15) is 0 Å². The molecule has 0 saturated carbocycles. The van der Waals surface area contributed by atoms with E-state index in [2.05, 4.69) is 37.3 Å². The smallest absolute Gasteiger partial charge is 0.330 e. The van der Waals surface area contributed by atoms with Gasteiger partial charge in [-0.3, -0.25) is 19.1 Å². The number of ether oxygens (including phenoxy) is 2. The second-order valence-corrected chi connectivity index (χ2v) is 12.5. The lowest BCUT2D eigenvalue weighted by atomic mass is 10.1. The fraction of sp³-hybridized carbons (Fsp3) is 0.800. The van der Waals surface area contributed by atoms with E-state index in [0.717, 1.165) is 0 Å². The Morgan fingerprint density at radius 3 is 2.46 bits per heavy atom. The molecule has 0 amide bonds. The van der Waals surface area contributed by atoms with Gasteiger partial charge in [0.2, 0.25) is 0 Å². The van der Waals surface area contributed by atoms with Crippen LogP contribution in [0.25, 0.3) is 0 Å². The molecule has 0 spiro atoms. The van der Waals surface area contributed by atoms with Gasteiger partial charge in [-0.15, -0.1) is 0 Å². The van der Waals surface area contributed by atoms with E-state index in [1.807, 2.05) is 20.8 Å². The maximum atomic E-state index is 12.4. The number of thioether (sulfide) groups is 1. The predicted molar refractivity (Wildman–Crippen MR) is 148 cm³/mol. The number of nitrogens with zero attached hydrogens (tertiary/aromatic N) is 2. The first-order chi connectivity index (χ1) is 17.5. The molecule has 0 aliphatic carbocycles. The third kappa shape index (κ3) is 9.56. The Morgan fingerprint density at radius 2 is 1.86 bits per heavy atom. The van der Waals surface area contributed by atoms with Gasteiger partial charge in [-0.1, -0.05) is 32.5 Å². The Bertz CT molecular complexity index is 960. The molecule has 12 heteroatoms.